The molecule has 0 radical (unpaired) electrons. The summed E-state index contributed by atoms with van der Waals surface area (Å²) in [5.41, 5.74) is 1.69. The summed E-state index contributed by atoms with van der Waals surface area (Å²) in [6.07, 6.45) is 11.8. The number of hydrogen-bond donors (Lipinski definition) is 1. The van der Waals surface area contributed by atoms with Crippen molar-refractivity contribution in [1.82, 2.24) is 10.2 Å². The van der Waals surface area contributed by atoms with E-state index in [2.05, 4.69) is 5.32 Å². The van der Waals surface area contributed by atoms with Crippen LogP contribution < -0.4 is 5.32 Å². The predicted molar refractivity (Wildman–Crippen MR) is 114 cm³/mol. The van der Waals surface area contributed by atoms with Crippen LogP contribution in [0.2, 0.25) is 0 Å². The average molecular weight is 427 g/mol. The van der Waals surface area contributed by atoms with Crippen molar-refractivity contribution in [2.45, 2.75) is 83.1 Å². The molecule has 166 valence electrons. The molecule has 1 atom stereocenters. The molecule has 2 aliphatic heterocycles. The van der Waals surface area contributed by atoms with E-state index in [4.69, 9.17) is 0 Å². The molecule has 1 aromatic rings. The minimum atomic E-state index is -0.924. The van der Waals surface area contributed by atoms with Crippen LogP contribution in [0, 0.1) is 0 Å². The summed E-state index contributed by atoms with van der Waals surface area (Å²) < 4.78 is 0. The molecule has 1 aromatic carbocycles. The quantitative estimate of drug-likeness (QED) is 0.314. The molecule has 1 unspecified atom stereocenters. The number of nitrogens with one attached hydrogen (secondary N) is 1. The molecule has 2 aliphatic rings. The summed E-state index contributed by atoms with van der Waals surface area (Å²) in [5, 5.41) is 2.21. The average Bonchev–Trinajstić information content (AvgIpc) is 2.99. The topological polar surface area (TPSA) is 101 Å². The number of carbonyl (C=O) groups excluding carboxylic acids is 5. The van der Waals surface area contributed by atoms with Crippen molar-refractivity contribution in [2.75, 3.05) is 0 Å². The second-order valence-corrected chi connectivity index (χ2v) is 8.36. The minimum absolute atomic E-state index is 0.119. The van der Waals surface area contributed by atoms with Crippen LogP contribution in [-0.2, 0) is 20.8 Å². The van der Waals surface area contributed by atoms with Crippen LogP contribution in [0.25, 0.3) is 0 Å². The molecular formula is C24H30N2O5. The molecule has 1 saturated heterocycles. The number of fused-ring (bicyclic) bond motifs is 1. The first-order valence-corrected chi connectivity index (χ1v) is 11.3. The van der Waals surface area contributed by atoms with Gasteiger partial charge in [-0.1, -0.05) is 44.6 Å². The monoisotopic (exact) mass is 426 g/mol. The van der Waals surface area contributed by atoms with E-state index in [1.807, 2.05) is 6.07 Å². The van der Waals surface area contributed by atoms with Crippen molar-refractivity contribution in [2.24, 2.45) is 0 Å². The van der Waals surface area contributed by atoms with Crippen LogP contribution in [0.1, 0.15) is 96.9 Å². The maximum absolute atomic E-state index is 12.8. The van der Waals surface area contributed by atoms with Crippen molar-refractivity contribution in [3.8, 4) is 0 Å². The van der Waals surface area contributed by atoms with Gasteiger partial charge in [-0.15, -0.1) is 0 Å². The predicted octanol–water partition coefficient (Wildman–Crippen LogP) is 3.34. The number of aldehydes is 1. The first-order valence-electron chi connectivity index (χ1n) is 11.3. The number of carbonyl (C=O) groups is 5. The molecule has 7 nitrogen and oxygen atoms in total. The minimum Gasteiger partial charge on any atom is -0.303 e. The van der Waals surface area contributed by atoms with Gasteiger partial charge in [0, 0.05) is 12.8 Å². The highest BCUT2D eigenvalue weighted by atomic mass is 16.2. The van der Waals surface area contributed by atoms with Gasteiger partial charge in [0.1, 0.15) is 12.3 Å². The van der Waals surface area contributed by atoms with Gasteiger partial charge in [-0.3, -0.25) is 29.4 Å². The van der Waals surface area contributed by atoms with Crippen molar-refractivity contribution < 1.29 is 24.0 Å². The zero-order valence-electron chi connectivity index (χ0n) is 17.9. The Kier molecular flexibility index (Phi) is 8.09. The molecule has 0 aromatic heterocycles. The highest BCUT2D eigenvalue weighted by molar-refractivity contribution is 6.23. The van der Waals surface area contributed by atoms with Gasteiger partial charge in [0.25, 0.3) is 11.8 Å². The lowest BCUT2D eigenvalue weighted by atomic mass is 10.0. The van der Waals surface area contributed by atoms with E-state index < -0.39 is 23.8 Å². The van der Waals surface area contributed by atoms with E-state index in [1.54, 1.807) is 12.1 Å². The second kappa shape index (κ2) is 11.0. The maximum atomic E-state index is 12.8. The van der Waals surface area contributed by atoms with E-state index in [9.17, 15) is 24.0 Å². The van der Waals surface area contributed by atoms with E-state index in [-0.39, 0.29) is 18.7 Å². The number of benzene rings is 1. The Hall–Kier alpha value is -2.83. The molecule has 31 heavy (non-hydrogen) atoms. The number of nitrogens with zero attached hydrogens (tertiary/aromatic N) is 1. The third kappa shape index (κ3) is 5.66. The zero-order valence-corrected chi connectivity index (χ0v) is 17.9. The normalized spacial score (nSPS) is 18.3. The summed E-state index contributed by atoms with van der Waals surface area (Å²) in [7, 11) is 0. The maximum Gasteiger partial charge on any atom is 0.262 e. The van der Waals surface area contributed by atoms with Gasteiger partial charge in [-0.05, 0) is 43.4 Å². The Balaban J connectivity index is 1.46. The molecular weight excluding hydrogens is 396 g/mol. The Labute approximate surface area is 182 Å². The standard InChI is InChI=1S/C24H30N2O5/c27-15-9-7-5-3-1-2-4-6-8-10-17-11-12-18-19(16-17)24(31)26(23(18)30)20-13-14-21(28)25-22(20)29/h11-12,15-16,20H,1-10,13-14H2,(H,25,28,29). The Bertz CT molecular complexity index is 864. The van der Waals surface area contributed by atoms with Gasteiger partial charge in [-0.2, -0.15) is 0 Å². The Morgan fingerprint density at radius 2 is 1.52 bits per heavy atom. The Morgan fingerprint density at radius 3 is 2.19 bits per heavy atom. The molecule has 3 rings (SSSR count). The van der Waals surface area contributed by atoms with Gasteiger partial charge in [0.05, 0.1) is 11.1 Å². The third-order valence-corrected chi connectivity index (χ3v) is 6.04. The fourth-order valence-electron chi connectivity index (χ4n) is 4.29. The van der Waals surface area contributed by atoms with E-state index in [0.717, 1.165) is 48.9 Å². The molecule has 1 N–H and O–H groups in total. The summed E-state index contributed by atoms with van der Waals surface area (Å²) >= 11 is 0. The van der Waals surface area contributed by atoms with Gasteiger partial charge < -0.3 is 4.79 Å². The smallest absolute Gasteiger partial charge is 0.262 e. The number of rotatable bonds is 12. The van der Waals surface area contributed by atoms with Gasteiger partial charge >= 0.3 is 0 Å². The fraction of sp³-hybridized carbons (Fsp3) is 0.542. The largest absolute Gasteiger partial charge is 0.303 e. The van der Waals surface area contributed by atoms with E-state index >= 15 is 0 Å². The fourth-order valence-corrected chi connectivity index (χ4v) is 4.29. The van der Waals surface area contributed by atoms with Crippen LogP contribution in [-0.4, -0.2) is 40.9 Å². The molecule has 1 fully saturated rings. The van der Waals surface area contributed by atoms with Crippen LogP contribution in [0.4, 0.5) is 0 Å². The number of hydrogen-bond acceptors (Lipinski definition) is 5. The second-order valence-electron chi connectivity index (χ2n) is 8.36. The summed E-state index contributed by atoms with van der Waals surface area (Å²) in [5.74, 6) is -1.88. The van der Waals surface area contributed by atoms with E-state index in [1.165, 1.54) is 25.7 Å². The van der Waals surface area contributed by atoms with Crippen molar-refractivity contribution in [3.05, 3.63) is 34.9 Å². The van der Waals surface area contributed by atoms with Gasteiger partial charge in [0.15, 0.2) is 0 Å². The summed E-state index contributed by atoms with van der Waals surface area (Å²) in [6, 6.07) is 4.40. The zero-order chi connectivity index (χ0) is 22.2. The highest BCUT2D eigenvalue weighted by Gasteiger charge is 2.44. The van der Waals surface area contributed by atoms with Crippen LogP contribution in [0.3, 0.4) is 0 Å². The SMILES string of the molecule is O=CCCCCCCCCCCc1ccc2c(c1)C(=O)N(C1CCC(=O)NC1=O)C2=O. The molecule has 2 heterocycles. The number of piperidine rings is 1. The van der Waals surface area contributed by atoms with Crippen LogP contribution in [0.5, 0.6) is 0 Å². The van der Waals surface area contributed by atoms with Crippen molar-refractivity contribution in [3.63, 3.8) is 0 Å². The first-order chi connectivity index (χ1) is 15.0. The molecule has 0 bridgehead atoms. The molecule has 0 aliphatic carbocycles. The lowest BCUT2D eigenvalue weighted by Gasteiger charge is -2.27. The number of aryl methyl sites for hydroxylation is 1. The lowest BCUT2D eigenvalue weighted by Crippen LogP contribution is -2.54. The van der Waals surface area contributed by atoms with Crippen molar-refractivity contribution >= 4 is 29.9 Å². The molecule has 7 heteroatoms. The van der Waals surface area contributed by atoms with Crippen LogP contribution in [0.15, 0.2) is 18.2 Å². The third-order valence-electron chi connectivity index (χ3n) is 6.04. The Morgan fingerprint density at radius 1 is 0.871 bits per heavy atom. The molecule has 0 saturated carbocycles. The summed E-state index contributed by atoms with van der Waals surface area (Å²) in [4.78, 5) is 60.3. The lowest BCUT2D eigenvalue weighted by molar-refractivity contribution is -0.136. The van der Waals surface area contributed by atoms with Crippen molar-refractivity contribution in [1.29, 1.82) is 0 Å². The number of imide groups is 2. The molecule has 4 amide bonds. The number of unbranched alkanes of at least 4 members (excludes halogenated alkanes) is 8. The molecule has 0 spiro atoms. The highest BCUT2D eigenvalue weighted by Crippen LogP contribution is 2.28. The van der Waals surface area contributed by atoms with Gasteiger partial charge in [0.2, 0.25) is 11.8 Å². The summed E-state index contributed by atoms with van der Waals surface area (Å²) in [6.45, 7) is 0. The van der Waals surface area contributed by atoms with E-state index in [0.29, 0.717) is 17.5 Å². The first kappa shape index (κ1) is 22.8. The van der Waals surface area contributed by atoms with Gasteiger partial charge in [-0.25, -0.2) is 0 Å². The van der Waals surface area contributed by atoms with Crippen LogP contribution >= 0.6 is 0 Å². The number of amides is 4.